The maximum absolute atomic E-state index is 5.11. The van der Waals surface area contributed by atoms with Gasteiger partial charge in [-0.1, -0.05) is 0 Å². The summed E-state index contributed by atoms with van der Waals surface area (Å²) in [5.74, 6) is 0.662. The molecule has 0 saturated carbocycles. The average Bonchev–Trinajstić information content (AvgIpc) is 2.34. The van der Waals surface area contributed by atoms with Crippen molar-refractivity contribution in [2.45, 2.75) is 19.8 Å². The molecule has 3 nitrogen and oxygen atoms in total. The molecule has 0 atom stereocenters. The number of nitrogens with zero attached hydrogens (tertiary/aromatic N) is 1. The van der Waals surface area contributed by atoms with Crippen LogP contribution < -0.4 is 36.4 Å². The molecule has 0 aromatic carbocycles. The van der Waals surface area contributed by atoms with Crippen molar-refractivity contribution in [2.24, 2.45) is 0 Å². The third kappa shape index (κ3) is 5.83. The first-order chi connectivity index (χ1) is 8.27. The minimum absolute atomic E-state index is 0.0580. The summed E-state index contributed by atoms with van der Waals surface area (Å²) in [6.45, 7) is 4.48. The van der Waals surface area contributed by atoms with E-state index < -0.39 is 0 Å². The van der Waals surface area contributed by atoms with Crippen molar-refractivity contribution in [3.63, 3.8) is 0 Å². The summed E-state index contributed by atoms with van der Waals surface area (Å²) >= 11 is 0.0580. The van der Waals surface area contributed by atoms with Crippen molar-refractivity contribution >= 4 is 15.4 Å². The molecule has 0 amide bonds. The molecule has 1 N–H and O–H groups in total. The Labute approximate surface area is 117 Å². The van der Waals surface area contributed by atoms with E-state index >= 15 is 0 Å². The van der Waals surface area contributed by atoms with Gasteiger partial charge in [0.2, 0.25) is 0 Å². The summed E-state index contributed by atoms with van der Waals surface area (Å²) in [4.78, 5) is 4.26. The van der Waals surface area contributed by atoms with Gasteiger partial charge in [-0.15, -0.1) is 0 Å². The molecule has 1 aromatic heterocycles. The third-order valence-electron chi connectivity index (χ3n) is 2.24. The second-order valence-electron chi connectivity index (χ2n) is 3.64. The van der Waals surface area contributed by atoms with E-state index in [1.54, 1.807) is 7.11 Å². The summed E-state index contributed by atoms with van der Waals surface area (Å²) in [5, 5.41) is 4.41. The van der Waals surface area contributed by atoms with Crippen LogP contribution >= 0.6 is 0 Å². The van der Waals surface area contributed by atoms with Crippen LogP contribution in [0.25, 0.3) is 0 Å². The van der Waals surface area contributed by atoms with E-state index in [2.05, 4.69) is 33.5 Å². The molecule has 0 saturated heterocycles. The minimum atomic E-state index is 0.0580. The predicted molar refractivity (Wildman–Crippen MR) is 67.5 cm³/mol. The fourth-order valence-electron chi connectivity index (χ4n) is 1.31. The Balaban J connectivity index is 2.25. The van der Waals surface area contributed by atoms with Gasteiger partial charge in [-0.3, -0.25) is 0 Å². The topological polar surface area (TPSA) is 34.2 Å². The Morgan fingerprint density at radius 3 is 2.94 bits per heavy atom. The van der Waals surface area contributed by atoms with Gasteiger partial charge >= 0.3 is 118 Å². The second kappa shape index (κ2) is 8.88. The SMILES string of the molecule is CCCCNCC[I-]c1cnc(OC)c([Si])c1. The van der Waals surface area contributed by atoms with Crippen LogP contribution in [0.1, 0.15) is 19.8 Å². The zero-order chi connectivity index (χ0) is 12.5. The molecule has 0 unspecified atom stereocenters. The van der Waals surface area contributed by atoms with Gasteiger partial charge in [-0.25, -0.2) is 0 Å². The van der Waals surface area contributed by atoms with E-state index in [9.17, 15) is 0 Å². The molecule has 1 aromatic rings. The van der Waals surface area contributed by atoms with Crippen LogP contribution in [0.5, 0.6) is 5.88 Å². The number of rotatable bonds is 8. The van der Waals surface area contributed by atoms with E-state index in [-0.39, 0.29) is 21.2 Å². The van der Waals surface area contributed by atoms with Crippen LogP contribution in [0.2, 0.25) is 0 Å². The average molecular weight is 362 g/mol. The second-order valence-corrected chi connectivity index (χ2v) is 7.26. The zero-order valence-electron chi connectivity index (χ0n) is 10.4. The summed E-state index contributed by atoms with van der Waals surface area (Å²) in [6, 6.07) is 2.13. The Bertz CT molecular complexity index is 336. The van der Waals surface area contributed by atoms with Gasteiger partial charge in [-0.2, -0.15) is 0 Å². The Kier molecular flexibility index (Phi) is 7.79. The van der Waals surface area contributed by atoms with E-state index in [4.69, 9.17) is 4.74 Å². The molecule has 0 aliphatic carbocycles. The Morgan fingerprint density at radius 2 is 2.29 bits per heavy atom. The Hall–Kier alpha value is -0.143. The molecular weight excluding hydrogens is 343 g/mol. The normalized spacial score (nSPS) is 10.8. The van der Waals surface area contributed by atoms with Gasteiger partial charge in [0.25, 0.3) is 0 Å². The summed E-state index contributed by atoms with van der Waals surface area (Å²) < 4.78 is 7.72. The van der Waals surface area contributed by atoms with Crippen LogP contribution in [0, 0.1) is 3.57 Å². The molecule has 17 heavy (non-hydrogen) atoms. The van der Waals surface area contributed by atoms with Gasteiger partial charge in [-0.05, 0) is 0 Å². The van der Waals surface area contributed by atoms with Gasteiger partial charge in [0.1, 0.15) is 0 Å². The van der Waals surface area contributed by atoms with E-state index in [1.165, 1.54) is 20.8 Å². The van der Waals surface area contributed by atoms with Crippen LogP contribution in [0.4, 0.5) is 0 Å². The number of hydrogen-bond donors (Lipinski definition) is 1. The molecule has 0 aliphatic rings. The van der Waals surface area contributed by atoms with Crippen LogP contribution in [-0.2, 0) is 0 Å². The predicted octanol–water partition coefficient (Wildman–Crippen LogP) is -2.47. The summed E-state index contributed by atoms with van der Waals surface area (Å²) in [7, 11) is 5.15. The van der Waals surface area contributed by atoms with Crippen molar-refractivity contribution in [1.29, 1.82) is 0 Å². The fraction of sp³-hybridized carbons (Fsp3) is 0.583. The quantitative estimate of drug-likeness (QED) is 0.241. The molecule has 1 rings (SSSR count). The van der Waals surface area contributed by atoms with E-state index in [1.807, 2.05) is 6.20 Å². The molecule has 1 heterocycles. The maximum atomic E-state index is 5.11. The standard InChI is InChI=1S/C12H19IN2OSi/c1-3-4-6-14-7-5-13-10-8-11(17)12(16-2)15-9-10/h8-9,14H,3-7H2,1-2H3/q-1. The number of pyridine rings is 1. The van der Waals surface area contributed by atoms with Crippen LogP contribution in [-0.4, -0.2) is 39.9 Å². The molecule has 0 aliphatic heterocycles. The van der Waals surface area contributed by atoms with Crippen molar-refractivity contribution in [1.82, 2.24) is 10.3 Å². The Morgan fingerprint density at radius 1 is 1.47 bits per heavy atom. The summed E-state index contributed by atoms with van der Waals surface area (Å²) in [6.07, 6.45) is 4.46. The molecule has 95 valence electrons. The molecule has 5 heteroatoms. The van der Waals surface area contributed by atoms with Crippen molar-refractivity contribution < 1.29 is 25.9 Å². The van der Waals surface area contributed by atoms with Crippen molar-refractivity contribution in [2.75, 3.05) is 24.6 Å². The monoisotopic (exact) mass is 362 g/mol. The molecular formula is C12H19IN2OSi-. The van der Waals surface area contributed by atoms with Crippen molar-refractivity contribution in [3.05, 3.63) is 15.8 Å². The van der Waals surface area contributed by atoms with Crippen LogP contribution in [0.3, 0.4) is 0 Å². The first-order valence-electron chi connectivity index (χ1n) is 5.83. The van der Waals surface area contributed by atoms with E-state index in [0.717, 1.165) is 18.3 Å². The number of halogens is 1. The number of ether oxygens (including phenoxy) is 1. The first kappa shape index (κ1) is 14.9. The fourth-order valence-corrected chi connectivity index (χ4v) is 4.07. The molecule has 0 bridgehead atoms. The molecule has 0 spiro atoms. The summed E-state index contributed by atoms with van der Waals surface area (Å²) in [5.41, 5.74) is 0. The molecule has 3 radical (unpaired) electrons. The van der Waals surface area contributed by atoms with Gasteiger partial charge in [0, 0.05) is 0 Å². The van der Waals surface area contributed by atoms with Gasteiger partial charge < -0.3 is 0 Å². The third-order valence-corrected chi connectivity index (χ3v) is 5.15. The van der Waals surface area contributed by atoms with Crippen LogP contribution in [0.15, 0.2) is 12.3 Å². The first-order valence-corrected chi connectivity index (χ1v) is 8.93. The van der Waals surface area contributed by atoms with Crippen molar-refractivity contribution in [3.8, 4) is 5.88 Å². The number of unbranched alkanes of at least 4 members (excludes halogenated alkanes) is 1. The number of nitrogens with one attached hydrogen (secondary N) is 1. The number of aromatic nitrogens is 1. The number of hydrogen-bond acceptors (Lipinski definition) is 3. The number of methoxy groups -OCH3 is 1. The van der Waals surface area contributed by atoms with E-state index in [0.29, 0.717) is 5.88 Å². The van der Waals surface area contributed by atoms with Gasteiger partial charge in [0.05, 0.1) is 0 Å². The molecule has 0 fully saturated rings. The zero-order valence-corrected chi connectivity index (χ0v) is 13.6. The number of alkyl halides is 1. The van der Waals surface area contributed by atoms with Gasteiger partial charge in [0.15, 0.2) is 0 Å².